The van der Waals surface area contributed by atoms with E-state index in [9.17, 15) is 5.11 Å². The van der Waals surface area contributed by atoms with E-state index in [2.05, 4.69) is 18.8 Å². The Morgan fingerprint density at radius 2 is 2.19 bits per heavy atom. The van der Waals surface area contributed by atoms with Crippen molar-refractivity contribution in [3.05, 3.63) is 39.6 Å². The Morgan fingerprint density at radius 1 is 1.44 bits per heavy atom. The lowest BCUT2D eigenvalue weighted by atomic mass is 10.2. The lowest BCUT2D eigenvalue weighted by Crippen LogP contribution is -2.08. The second-order valence-electron chi connectivity index (χ2n) is 3.86. The van der Waals surface area contributed by atoms with Gasteiger partial charge in [0, 0.05) is 10.9 Å². The zero-order valence-electron chi connectivity index (χ0n) is 9.09. The van der Waals surface area contributed by atoms with E-state index in [0.29, 0.717) is 4.34 Å². The number of aromatic nitrogens is 2. The number of thiophene rings is 1. The van der Waals surface area contributed by atoms with Gasteiger partial charge in [0.1, 0.15) is 6.10 Å². The van der Waals surface area contributed by atoms with Crippen molar-refractivity contribution in [2.24, 2.45) is 0 Å². The monoisotopic (exact) mass is 256 g/mol. The van der Waals surface area contributed by atoms with Crippen LogP contribution in [-0.4, -0.2) is 14.7 Å². The first kappa shape index (κ1) is 11.6. The molecule has 86 valence electrons. The molecule has 0 fully saturated rings. The molecule has 0 saturated carbocycles. The van der Waals surface area contributed by atoms with Crippen LogP contribution >= 0.6 is 22.9 Å². The smallest absolute Gasteiger partial charge is 0.130 e. The number of hydrogen-bond donors (Lipinski definition) is 1. The fourth-order valence-corrected chi connectivity index (χ4v) is 2.64. The van der Waals surface area contributed by atoms with Gasteiger partial charge >= 0.3 is 0 Å². The highest BCUT2D eigenvalue weighted by molar-refractivity contribution is 7.16. The van der Waals surface area contributed by atoms with Gasteiger partial charge in [-0.15, -0.1) is 11.3 Å². The van der Waals surface area contributed by atoms with E-state index in [1.54, 1.807) is 18.6 Å². The summed E-state index contributed by atoms with van der Waals surface area (Å²) < 4.78 is 2.64. The SMILES string of the molecule is CC(C)n1cncc1C(O)c1ccc(Cl)s1. The van der Waals surface area contributed by atoms with E-state index in [1.165, 1.54) is 11.3 Å². The zero-order chi connectivity index (χ0) is 11.7. The van der Waals surface area contributed by atoms with Crippen LogP contribution in [0.1, 0.15) is 36.6 Å². The maximum Gasteiger partial charge on any atom is 0.130 e. The van der Waals surface area contributed by atoms with Gasteiger partial charge < -0.3 is 9.67 Å². The summed E-state index contributed by atoms with van der Waals surface area (Å²) in [4.78, 5) is 4.91. The predicted octanol–water partition coefficient (Wildman–Crippen LogP) is 3.26. The summed E-state index contributed by atoms with van der Waals surface area (Å²) >= 11 is 7.24. The number of aliphatic hydroxyl groups excluding tert-OH is 1. The van der Waals surface area contributed by atoms with Crippen molar-refractivity contribution >= 4 is 22.9 Å². The molecule has 2 aromatic heterocycles. The molecular formula is C11H13ClN2OS. The Kier molecular flexibility index (Phi) is 3.33. The van der Waals surface area contributed by atoms with Gasteiger partial charge in [-0.3, -0.25) is 0 Å². The van der Waals surface area contributed by atoms with Crippen LogP contribution in [0.5, 0.6) is 0 Å². The van der Waals surface area contributed by atoms with Gasteiger partial charge in [0.05, 0.1) is 22.6 Å². The molecule has 0 radical (unpaired) electrons. The van der Waals surface area contributed by atoms with E-state index in [1.807, 2.05) is 10.6 Å². The summed E-state index contributed by atoms with van der Waals surface area (Å²) in [6.45, 7) is 4.11. The van der Waals surface area contributed by atoms with Crippen LogP contribution in [0.4, 0.5) is 0 Å². The molecule has 0 aliphatic carbocycles. The number of nitrogens with zero attached hydrogens (tertiary/aromatic N) is 2. The third kappa shape index (κ3) is 2.14. The van der Waals surface area contributed by atoms with Crippen LogP contribution in [0.3, 0.4) is 0 Å². The van der Waals surface area contributed by atoms with Gasteiger partial charge in [-0.1, -0.05) is 11.6 Å². The minimum Gasteiger partial charge on any atom is -0.381 e. The lowest BCUT2D eigenvalue weighted by Gasteiger charge is -2.15. The Hall–Kier alpha value is -0.840. The first-order chi connectivity index (χ1) is 7.59. The topological polar surface area (TPSA) is 38.0 Å². The third-order valence-corrected chi connectivity index (χ3v) is 3.68. The van der Waals surface area contributed by atoms with Crippen LogP contribution in [0, 0.1) is 0 Å². The minimum absolute atomic E-state index is 0.280. The molecule has 0 bridgehead atoms. The molecule has 0 aliphatic rings. The lowest BCUT2D eigenvalue weighted by molar-refractivity contribution is 0.211. The molecule has 1 N–H and O–H groups in total. The van der Waals surface area contributed by atoms with Gasteiger partial charge in [0.15, 0.2) is 0 Å². The summed E-state index contributed by atoms with van der Waals surface area (Å²) in [6, 6.07) is 3.92. The van der Waals surface area contributed by atoms with Crippen LogP contribution in [-0.2, 0) is 0 Å². The molecule has 3 nitrogen and oxygen atoms in total. The average molecular weight is 257 g/mol. The van der Waals surface area contributed by atoms with Crippen LogP contribution in [0.15, 0.2) is 24.7 Å². The quantitative estimate of drug-likeness (QED) is 0.915. The average Bonchev–Trinajstić information content (AvgIpc) is 2.84. The van der Waals surface area contributed by atoms with Crippen molar-refractivity contribution < 1.29 is 5.11 Å². The first-order valence-corrected chi connectivity index (χ1v) is 6.24. The molecular weight excluding hydrogens is 244 g/mol. The largest absolute Gasteiger partial charge is 0.381 e. The van der Waals surface area contributed by atoms with Crippen LogP contribution < -0.4 is 0 Å². The van der Waals surface area contributed by atoms with E-state index in [-0.39, 0.29) is 6.04 Å². The van der Waals surface area contributed by atoms with Crippen molar-refractivity contribution in [2.75, 3.05) is 0 Å². The molecule has 1 unspecified atom stereocenters. The number of hydrogen-bond acceptors (Lipinski definition) is 3. The Bertz CT molecular complexity index is 478. The highest BCUT2D eigenvalue weighted by atomic mass is 35.5. The van der Waals surface area contributed by atoms with Gasteiger partial charge in [-0.05, 0) is 26.0 Å². The van der Waals surface area contributed by atoms with Crippen LogP contribution in [0.2, 0.25) is 4.34 Å². The molecule has 1 atom stereocenters. The van der Waals surface area contributed by atoms with E-state index < -0.39 is 6.10 Å². The molecule has 2 heterocycles. The number of halogens is 1. The maximum atomic E-state index is 10.2. The molecule has 0 aliphatic heterocycles. The van der Waals surface area contributed by atoms with Gasteiger partial charge in [0.2, 0.25) is 0 Å². The van der Waals surface area contributed by atoms with Crippen LogP contribution in [0.25, 0.3) is 0 Å². The minimum atomic E-state index is -0.651. The normalized spacial score (nSPS) is 13.3. The Labute approximate surface area is 103 Å². The highest BCUT2D eigenvalue weighted by Crippen LogP contribution is 2.31. The van der Waals surface area contributed by atoms with E-state index in [4.69, 9.17) is 11.6 Å². The molecule has 0 aromatic carbocycles. The highest BCUT2D eigenvalue weighted by Gasteiger charge is 2.18. The number of imidazole rings is 1. The fraction of sp³-hybridized carbons (Fsp3) is 0.364. The molecule has 2 aromatic rings. The predicted molar refractivity (Wildman–Crippen MR) is 66.0 cm³/mol. The molecule has 0 amide bonds. The van der Waals surface area contributed by atoms with Crippen molar-refractivity contribution in [3.8, 4) is 0 Å². The summed E-state index contributed by atoms with van der Waals surface area (Å²) in [5.74, 6) is 0. The second kappa shape index (κ2) is 4.57. The molecule has 0 saturated heterocycles. The first-order valence-electron chi connectivity index (χ1n) is 5.04. The molecule has 5 heteroatoms. The molecule has 2 rings (SSSR count). The van der Waals surface area contributed by atoms with Crippen molar-refractivity contribution in [1.29, 1.82) is 0 Å². The van der Waals surface area contributed by atoms with Crippen molar-refractivity contribution in [3.63, 3.8) is 0 Å². The summed E-state index contributed by atoms with van der Waals surface area (Å²) in [5.41, 5.74) is 0.800. The van der Waals surface area contributed by atoms with Gasteiger partial charge in [0.25, 0.3) is 0 Å². The van der Waals surface area contributed by atoms with Gasteiger partial charge in [-0.2, -0.15) is 0 Å². The Morgan fingerprint density at radius 3 is 2.75 bits per heavy atom. The van der Waals surface area contributed by atoms with Crippen molar-refractivity contribution in [1.82, 2.24) is 9.55 Å². The molecule has 16 heavy (non-hydrogen) atoms. The zero-order valence-corrected chi connectivity index (χ0v) is 10.7. The second-order valence-corrected chi connectivity index (χ2v) is 5.61. The summed E-state index contributed by atoms with van der Waals surface area (Å²) in [5, 5.41) is 10.2. The molecule has 0 spiro atoms. The van der Waals surface area contributed by atoms with Gasteiger partial charge in [-0.25, -0.2) is 4.98 Å². The summed E-state index contributed by atoms with van der Waals surface area (Å²) in [7, 11) is 0. The van der Waals surface area contributed by atoms with Crippen molar-refractivity contribution in [2.45, 2.75) is 26.0 Å². The maximum absolute atomic E-state index is 10.2. The standard InChI is InChI=1S/C11H13ClN2OS/c1-7(2)14-6-13-5-8(14)11(15)9-3-4-10(12)16-9/h3-7,11,15H,1-2H3. The summed E-state index contributed by atoms with van der Waals surface area (Å²) in [6.07, 6.45) is 2.78. The fourth-order valence-electron chi connectivity index (χ4n) is 1.58. The van der Waals surface area contributed by atoms with E-state index in [0.717, 1.165) is 10.6 Å². The Balaban J connectivity index is 2.33. The number of rotatable bonds is 3. The van der Waals surface area contributed by atoms with E-state index >= 15 is 0 Å². The third-order valence-electron chi connectivity index (χ3n) is 2.40. The number of aliphatic hydroxyl groups is 1.